The number of anilines is 1. The van der Waals surface area contributed by atoms with Crippen LogP contribution in [0, 0.1) is 11.7 Å². The SMILES string of the molecule is CCCCCCCCCCCCCCCCOC(=O)Nc1nc(=O)n(C2OC(C)C(C)C2OC(C)=O)cc1F. The third-order valence-corrected chi connectivity index (χ3v) is 7.33. The van der Waals surface area contributed by atoms with Crippen molar-refractivity contribution in [1.82, 2.24) is 9.55 Å². The Balaban J connectivity index is 1.64. The molecule has 39 heavy (non-hydrogen) atoms. The summed E-state index contributed by atoms with van der Waals surface area (Å²) >= 11 is 0. The lowest BCUT2D eigenvalue weighted by molar-refractivity contribution is -0.153. The normalized spacial score (nSPS) is 20.6. The van der Waals surface area contributed by atoms with Gasteiger partial charge in [-0.2, -0.15) is 4.98 Å². The van der Waals surface area contributed by atoms with Gasteiger partial charge in [0.2, 0.25) is 0 Å². The standard InChI is InChI=1S/C29H48FN3O6/c1-5-6-7-8-9-10-11-12-13-14-15-16-17-18-19-37-29(36)32-26-24(30)20-33(28(35)31-26)27-25(39-23(4)34)21(2)22(3)38-27/h20-22,25,27H,5-19H2,1-4H3,(H,31,32,35,36). The summed E-state index contributed by atoms with van der Waals surface area (Å²) in [5, 5.41) is 2.19. The van der Waals surface area contributed by atoms with Gasteiger partial charge in [0, 0.05) is 12.8 Å². The molecule has 1 N–H and O–H groups in total. The zero-order valence-electron chi connectivity index (χ0n) is 24.2. The summed E-state index contributed by atoms with van der Waals surface area (Å²) in [6.07, 6.45) is 15.1. The number of nitrogens with one attached hydrogen (secondary N) is 1. The van der Waals surface area contributed by atoms with E-state index in [4.69, 9.17) is 14.2 Å². The first-order chi connectivity index (χ1) is 18.7. The zero-order chi connectivity index (χ0) is 28.6. The van der Waals surface area contributed by atoms with Gasteiger partial charge in [-0.15, -0.1) is 0 Å². The average molecular weight is 554 g/mol. The minimum atomic E-state index is -1.02. The largest absolute Gasteiger partial charge is 0.457 e. The first-order valence-electron chi connectivity index (χ1n) is 14.8. The second-order valence-electron chi connectivity index (χ2n) is 10.6. The second-order valence-corrected chi connectivity index (χ2v) is 10.6. The van der Waals surface area contributed by atoms with Crippen LogP contribution >= 0.6 is 0 Å². The first kappa shape index (κ1) is 32.7. The monoisotopic (exact) mass is 553 g/mol. The van der Waals surface area contributed by atoms with Crippen LogP contribution in [0.2, 0.25) is 0 Å². The fraction of sp³-hybridized carbons (Fsp3) is 0.793. The number of hydrogen-bond donors (Lipinski definition) is 1. The molecule has 0 aromatic carbocycles. The van der Waals surface area contributed by atoms with Crippen molar-refractivity contribution in [3.8, 4) is 0 Å². The van der Waals surface area contributed by atoms with Crippen LogP contribution in [0.25, 0.3) is 0 Å². The summed E-state index contributed by atoms with van der Waals surface area (Å²) in [7, 11) is 0. The predicted octanol–water partition coefficient (Wildman–Crippen LogP) is 6.90. The van der Waals surface area contributed by atoms with Crippen molar-refractivity contribution in [2.45, 2.75) is 136 Å². The lowest BCUT2D eigenvalue weighted by Crippen LogP contribution is -2.36. The number of esters is 1. The molecule has 1 aliphatic rings. The third-order valence-electron chi connectivity index (χ3n) is 7.33. The van der Waals surface area contributed by atoms with Gasteiger partial charge in [-0.25, -0.2) is 14.0 Å². The van der Waals surface area contributed by atoms with Gasteiger partial charge >= 0.3 is 17.8 Å². The van der Waals surface area contributed by atoms with Gasteiger partial charge in [0.25, 0.3) is 0 Å². The Kier molecular flexibility index (Phi) is 15.1. The van der Waals surface area contributed by atoms with Gasteiger partial charge < -0.3 is 14.2 Å². The Bertz CT molecular complexity index is 940. The van der Waals surface area contributed by atoms with Gasteiger partial charge in [-0.05, 0) is 13.3 Å². The fourth-order valence-corrected chi connectivity index (χ4v) is 4.84. The number of rotatable bonds is 18. The Morgan fingerprint density at radius 2 is 1.51 bits per heavy atom. The molecule has 4 unspecified atom stereocenters. The van der Waals surface area contributed by atoms with Crippen LogP contribution < -0.4 is 11.0 Å². The maximum absolute atomic E-state index is 14.7. The van der Waals surface area contributed by atoms with E-state index in [9.17, 15) is 18.8 Å². The van der Waals surface area contributed by atoms with Crippen molar-refractivity contribution in [1.29, 1.82) is 0 Å². The van der Waals surface area contributed by atoms with Crippen LogP contribution in [0.1, 0.15) is 124 Å². The number of unbranched alkanes of at least 4 members (excludes halogenated alkanes) is 13. The molecule has 1 aromatic rings. The molecule has 0 bridgehead atoms. The van der Waals surface area contributed by atoms with Gasteiger partial charge in [0.1, 0.15) is 0 Å². The summed E-state index contributed by atoms with van der Waals surface area (Å²) in [6.45, 7) is 7.30. The Morgan fingerprint density at radius 3 is 2.05 bits per heavy atom. The zero-order valence-corrected chi connectivity index (χ0v) is 24.2. The van der Waals surface area contributed by atoms with E-state index < -0.39 is 41.7 Å². The lowest BCUT2D eigenvalue weighted by atomic mass is 10.0. The molecule has 1 amide bonds. The molecule has 2 heterocycles. The molecule has 222 valence electrons. The summed E-state index contributed by atoms with van der Waals surface area (Å²) in [4.78, 5) is 39.8. The van der Waals surface area contributed by atoms with Gasteiger partial charge in [0.05, 0.1) is 18.9 Å². The minimum Gasteiger partial charge on any atom is -0.457 e. The Labute approximate surface area is 232 Å². The van der Waals surface area contributed by atoms with Crippen molar-refractivity contribution in [3.63, 3.8) is 0 Å². The highest BCUT2D eigenvalue weighted by atomic mass is 19.1. The van der Waals surface area contributed by atoms with E-state index in [1.165, 1.54) is 77.6 Å². The van der Waals surface area contributed by atoms with E-state index in [1.54, 1.807) is 6.92 Å². The van der Waals surface area contributed by atoms with Crippen LogP contribution in [0.15, 0.2) is 11.0 Å². The van der Waals surface area contributed by atoms with Gasteiger partial charge in [0.15, 0.2) is 24.0 Å². The maximum Gasteiger partial charge on any atom is 0.412 e. The van der Waals surface area contributed by atoms with E-state index in [0.29, 0.717) is 0 Å². The highest BCUT2D eigenvalue weighted by molar-refractivity contribution is 5.83. The molecule has 1 aromatic heterocycles. The highest BCUT2D eigenvalue weighted by Gasteiger charge is 2.43. The van der Waals surface area contributed by atoms with E-state index in [0.717, 1.165) is 30.0 Å². The average Bonchev–Trinajstić information content (AvgIpc) is 3.16. The molecule has 0 aliphatic carbocycles. The molecule has 4 atom stereocenters. The van der Waals surface area contributed by atoms with Crippen LogP contribution in [-0.4, -0.2) is 40.4 Å². The fourth-order valence-electron chi connectivity index (χ4n) is 4.84. The van der Waals surface area contributed by atoms with Gasteiger partial charge in [-0.1, -0.05) is 97.3 Å². The van der Waals surface area contributed by atoms with Gasteiger partial charge in [-0.3, -0.25) is 14.7 Å². The Morgan fingerprint density at radius 1 is 0.974 bits per heavy atom. The number of halogens is 1. The second kappa shape index (κ2) is 18.0. The topological polar surface area (TPSA) is 109 Å². The van der Waals surface area contributed by atoms with Crippen molar-refractivity contribution < 1.29 is 28.2 Å². The Hall–Kier alpha value is -2.49. The van der Waals surface area contributed by atoms with Crippen LogP contribution in [-0.2, 0) is 19.0 Å². The molecule has 0 spiro atoms. The minimum absolute atomic E-state index is 0.207. The van der Waals surface area contributed by atoms with Crippen molar-refractivity contribution in [2.75, 3.05) is 11.9 Å². The number of carbonyl (C=O) groups excluding carboxylic acids is 2. The molecule has 0 radical (unpaired) electrons. The molecular weight excluding hydrogens is 505 g/mol. The van der Waals surface area contributed by atoms with E-state index in [-0.39, 0.29) is 18.6 Å². The number of ether oxygens (including phenoxy) is 3. The quantitative estimate of drug-likeness (QED) is 0.156. The van der Waals surface area contributed by atoms with E-state index >= 15 is 0 Å². The van der Waals surface area contributed by atoms with Crippen LogP contribution in [0.3, 0.4) is 0 Å². The molecule has 1 aliphatic heterocycles. The number of nitrogens with zero attached hydrogens (tertiary/aromatic N) is 2. The molecule has 10 heteroatoms. The molecule has 9 nitrogen and oxygen atoms in total. The summed E-state index contributed by atoms with van der Waals surface area (Å²) < 4.78 is 31.8. The molecule has 0 saturated carbocycles. The highest BCUT2D eigenvalue weighted by Crippen LogP contribution is 2.35. The van der Waals surface area contributed by atoms with Crippen LogP contribution in [0.4, 0.5) is 15.0 Å². The number of hydrogen-bond acceptors (Lipinski definition) is 7. The molecule has 2 rings (SSSR count). The smallest absolute Gasteiger partial charge is 0.412 e. The molecular formula is C29H48FN3O6. The number of aromatic nitrogens is 2. The summed E-state index contributed by atoms with van der Waals surface area (Å²) in [5.74, 6) is -2.20. The number of carbonyl (C=O) groups is 2. The predicted molar refractivity (Wildman–Crippen MR) is 148 cm³/mol. The van der Waals surface area contributed by atoms with E-state index in [2.05, 4.69) is 17.2 Å². The number of amides is 1. The summed E-state index contributed by atoms with van der Waals surface area (Å²) in [6, 6.07) is 0. The van der Waals surface area contributed by atoms with Crippen molar-refractivity contribution >= 4 is 17.9 Å². The lowest BCUT2D eigenvalue weighted by Gasteiger charge is -2.22. The molecule has 1 fully saturated rings. The van der Waals surface area contributed by atoms with Crippen molar-refractivity contribution in [3.05, 3.63) is 22.5 Å². The molecule has 1 saturated heterocycles. The van der Waals surface area contributed by atoms with Crippen LogP contribution in [0.5, 0.6) is 0 Å². The summed E-state index contributed by atoms with van der Waals surface area (Å²) in [5.41, 5.74) is -0.845. The van der Waals surface area contributed by atoms with E-state index in [1.807, 2.05) is 6.92 Å². The third kappa shape index (κ3) is 11.6. The first-order valence-corrected chi connectivity index (χ1v) is 14.8. The maximum atomic E-state index is 14.7. The van der Waals surface area contributed by atoms with Crippen molar-refractivity contribution in [2.24, 2.45) is 5.92 Å².